The molecular formula is C18H23N3. The highest BCUT2D eigenvalue weighted by atomic mass is 15.2. The third-order valence-corrected chi connectivity index (χ3v) is 4.19. The predicted octanol–water partition coefficient (Wildman–Crippen LogP) is 2.86. The van der Waals surface area contributed by atoms with Crippen LogP contribution in [0.1, 0.15) is 11.1 Å². The van der Waals surface area contributed by atoms with Gasteiger partial charge in [0.25, 0.3) is 0 Å². The van der Waals surface area contributed by atoms with E-state index in [2.05, 4.69) is 70.7 Å². The number of benzene rings is 2. The van der Waals surface area contributed by atoms with E-state index in [1.807, 2.05) is 7.05 Å². The van der Waals surface area contributed by atoms with Gasteiger partial charge < -0.3 is 15.1 Å². The molecule has 3 heteroatoms. The van der Waals surface area contributed by atoms with Crippen molar-refractivity contribution in [3.05, 3.63) is 59.7 Å². The van der Waals surface area contributed by atoms with Crippen LogP contribution in [0.2, 0.25) is 0 Å². The first kappa shape index (κ1) is 14.0. The molecule has 0 saturated carbocycles. The monoisotopic (exact) mass is 281 g/mol. The van der Waals surface area contributed by atoms with Gasteiger partial charge in [0.05, 0.1) is 11.4 Å². The molecule has 0 bridgehead atoms. The van der Waals surface area contributed by atoms with Crippen molar-refractivity contribution in [1.82, 2.24) is 5.32 Å². The van der Waals surface area contributed by atoms with Gasteiger partial charge in [-0.25, -0.2) is 0 Å². The van der Waals surface area contributed by atoms with Crippen molar-refractivity contribution >= 4 is 11.4 Å². The van der Waals surface area contributed by atoms with Crippen LogP contribution in [0, 0.1) is 0 Å². The highest BCUT2D eigenvalue weighted by Gasteiger charge is 2.20. The molecule has 1 aliphatic rings. The molecule has 21 heavy (non-hydrogen) atoms. The summed E-state index contributed by atoms with van der Waals surface area (Å²) in [7, 11) is 4.17. The second kappa shape index (κ2) is 6.19. The molecule has 0 aliphatic carbocycles. The van der Waals surface area contributed by atoms with Crippen LogP contribution in [0.4, 0.5) is 11.4 Å². The summed E-state index contributed by atoms with van der Waals surface area (Å²) < 4.78 is 0. The molecule has 2 aromatic carbocycles. The zero-order chi connectivity index (χ0) is 14.7. The second-order valence-electron chi connectivity index (χ2n) is 5.63. The maximum absolute atomic E-state index is 3.26. The van der Waals surface area contributed by atoms with E-state index in [1.54, 1.807) is 0 Å². The number of rotatable bonds is 4. The summed E-state index contributed by atoms with van der Waals surface area (Å²) in [6, 6.07) is 17.4. The van der Waals surface area contributed by atoms with Crippen LogP contribution >= 0.6 is 0 Å². The predicted molar refractivity (Wildman–Crippen MR) is 90.0 cm³/mol. The smallest absolute Gasteiger partial charge is 0.0607 e. The number of fused-ring (bicyclic) bond motifs is 1. The van der Waals surface area contributed by atoms with E-state index >= 15 is 0 Å². The summed E-state index contributed by atoms with van der Waals surface area (Å²) >= 11 is 0. The Kier molecular flexibility index (Phi) is 4.11. The van der Waals surface area contributed by atoms with Gasteiger partial charge in [0.2, 0.25) is 0 Å². The van der Waals surface area contributed by atoms with E-state index in [1.165, 1.54) is 22.5 Å². The summed E-state index contributed by atoms with van der Waals surface area (Å²) in [5, 5.41) is 3.26. The van der Waals surface area contributed by atoms with Gasteiger partial charge in [0.15, 0.2) is 0 Å². The molecule has 0 radical (unpaired) electrons. The molecule has 0 fully saturated rings. The van der Waals surface area contributed by atoms with E-state index in [-0.39, 0.29) is 0 Å². The molecule has 0 saturated heterocycles. The quantitative estimate of drug-likeness (QED) is 0.929. The van der Waals surface area contributed by atoms with Gasteiger partial charge in [-0.1, -0.05) is 36.4 Å². The average Bonchev–Trinajstić information content (AvgIpc) is 2.52. The lowest BCUT2D eigenvalue weighted by molar-refractivity contribution is 0.723. The summed E-state index contributed by atoms with van der Waals surface area (Å²) in [5.41, 5.74) is 5.46. The normalized spacial score (nSPS) is 14.2. The molecule has 110 valence electrons. The van der Waals surface area contributed by atoms with E-state index < -0.39 is 0 Å². The van der Waals surface area contributed by atoms with Gasteiger partial charge in [-0.3, -0.25) is 0 Å². The van der Waals surface area contributed by atoms with Gasteiger partial charge in [0, 0.05) is 33.2 Å². The number of hydrogen-bond donors (Lipinski definition) is 1. The van der Waals surface area contributed by atoms with Crippen molar-refractivity contribution in [2.75, 3.05) is 37.0 Å². The van der Waals surface area contributed by atoms with Crippen molar-refractivity contribution < 1.29 is 0 Å². The van der Waals surface area contributed by atoms with E-state index in [0.29, 0.717) is 0 Å². The van der Waals surface area contributed by atoms with Gasteiger partial charge in [-0.2, -0.15) is 0 Å². The fraction of sp³-hybridized carbons (Fsp3) is 0.333. The first-order valence-corrected chi connectivity index (χ1v) is 7.56. The van der Waals surface area contributed by atoms with Crippen molar-refractivity contribution in [1.29, 1.82) is 0 Å². The molecule has 0 unspecified atom stereocenters. The molecule has 0 amide bonds. The third-order valence-electron chi connectivity index (χ3n) is 4.19. The third kappa shape index (κ3) is 2.88. The fourth-order valence-corrected chi connectivity index (χ4v) is 3.01. The highest BCUT2D eigenvalue weighted by Crippen LogP contribution is 2.32. The topological polar surface area (TPSA) is 18.5 Å². The van der Waals surface area contributed by atoms with Crippen molar-refractivity contribution in [3.63, 3.8) is 0 Å². The first-order valence-electron chi connectivity index (χ1n) is 7.56. The number of nitrogens with zero attached hydrogens (tertiary/aromatic N) is 2. The van der Waals surface area contributed by atoms with Gasteiger partial charge >= 0.3 is 0 Å². The standard InChI is InChI=1S/C18H23N3/c1-19-13-15-7-3-4-8-16(15)14-21-12-11-20(2)17-9-5-6-10-18(17)21/h3-10,19H,11-14H2,1-2H3. The minimum Gasteiger partial charge on any atom is -0.371 e. The van der Waals surface area contributed by atoms with Crippen molar-refractivity contribution in [2.45, 2.75) is 13.1 Å². The van der Waals surface area contributed by atoms with Crippen LogP contribution in [-0.4, -0.2) is 27.2 Å². The van der Waals surface area contributed by atoms with Crippen LogP contribution in [0.5, 0.6) is 0 Å². The van der Waals surface area contributed by atoms with Crippen molar-refractivity contribution in [3.8, 4) is 0 Å². The lowest BCUT2D eigenvalue weighted by atomic mass is 10.1. The number of nitrogens with one attached hydrogen (secondary N) is 1. The Labute approximate surface area is 127 Å². The molecule has 0 aromatic heterocycles. The van der Waals surface area contributed by atoms with Gasteiger partial charge in [0.1, 0.15) is 0 Å². The molecule has 3 nitrogen and oxygen atoms in total. The van der Waals surface area contributed by atoms with Crippen molar-refractivity contribution in [2.24, 2.45) is 0 Å². The molecule has 1 aliphatic heterocycles. The van der Waals surface area contributed by atoms with Crippen LogP contribution in [0.3, 0.4) is 0 Å². The SMILES string of the molecule is CNCc1ccccc1CN1CCN(C)c2ccccc21. The Hall–Kier alpha value is -2.00. The zero-order valence-corrected chi connectivity index (χ0v) is 12.8. The fourth-order valence-electron chi connectivity index (χ4n) is 3.01. The van der Waals surface area contributed by atoms with Crippen LogP contribution in [-0.2, 0) is 13.1 Å². The minimum atomic E-state index is 0.922. The molecular weight excluding hydrogens is 258 g/mol. The number of anilines is 2. The number of hydrogen-bond acceptors (Lipinski definition) is 3. The maximum Gasteiger partial charge on any atom is 0.0607 e. The lowest BCUT2D eigenvalue weighted by Crippen LogP contribution is -2.38. The second-order valence-corrected chi connectivity index (χ2v) is 5.63. The number of para-hydroxylation sites is 2. The molecule has 1 heterocycles. The summed E-state index contributed by atoms with van der Waals surface area (Å²) in [5.74, 6) is 0. The Bertz CT molecular complexity index is 609. The van der Waals surface area contributed by atoms with Crippen LogP contribution in [0.25, 0.3) is 0 Å². The zero-order valence-electron chi connectivity index (χ0n) is 12.8. The molecule has 2 aromatic rings. The Morgan fingerprint density at radius 2 is 1.57 bits per heavy atom. The molecule has 0 atom stereocenters. The molecule has 0 spiro atoms. The lowest BCUT2D eigenvalue weighted by Gasteiger charge is -2.37. The van der Waals surface area contributed by atoms with Crippen LogP contribution < -0.4 is 15.1 Å². The highest BCUT2D eigenvalue weighted by molar-refractivity contribution is 5.73. The summed E-state index contributed by atoms with van der Waals surface area (Å²) in [6.45, 7) is 4.04. The molecule has 1 N–H and O–H groups in total. The molecule has 3 rings (SSSR count). The number of likely N-dealkylation sites (N-methyl/N-ethyl adjacent to an activating group) is 1. The summed E-state index contributed by atoms with van der Waals surface area (Å²) in [4.78, 5) is 4.83. The summed E-state index contributed by atoms with van der Waals surface area (Å²) in [6.07, 6.45) is 0. The Morgan fingerprint density at radius 1 is 0.905 bits per heavy atom. The van der Waals surface area contributed by atoms with E-state index in [9.17, 15) is 0 Å². The van der Waals surface area contributed by atoms with E-state index in [4.69, 9.17) is 0 Å². The Morgan fingerprint density at radius 3 is 2.33 bits per heavy atom. The van der Waals surface area contributed by atoms with E-state index in [0.717, 1.165) is 26.2 Å². The largest absolute Gasteiger partial charge is 0.371 e. The first-order chi connectivity index (χ1) is 10.3. The average molecular weight is 281 g/mol. The van der Waals surface area contributed by atoms with Crippen LogP contribution in [0.15, 0.2) is 48.5 Å². The Balaban J connectivity index is 1.88. The maximum atomic E-state index is 3.26. The minimum absolute atomic E-state index is 0.922. The van der Waals surface area contributed by atoms with Gasteiger partial charge in [-0.05, 0) is 30.3 Å². The van der Waals surface area contributed by atoms with Gasteiger partial charge in [-0.15, -0.1) is 0 Å².